The maximum Gasteiger partial charge on any atom is 0.147 e. The molecule has 0 saturated carbocycles. The molecule has 7 aromatic carbocycles. The van der Waals surface area contributed by atoms with Crippen LogP contribution in [0, 0.1) is 5.82 Å². The Morgan fingerprint density at radius 1 is 0.568 bits per heavy atom. The highest BCUT2D eigenvalue weighted by molar-refractivity contribution is 7.26. The molecule has 4 heteroatoms. The molecule has 10 aromatic rings. The van der Waals surface area contributed by atoms with Crippen molar-refractivity contribution < 1.29 is 4.39 Å². The number of halogens is 1. The zero-order valence-electron chi connectivity index (χ0n) is 23.4. The molecule has 0 atom stereocenters. The maximum absolute atomic E-state index is 16.1. The first-order chi connectivity index (χ1) is 21.8. The molecule has 0 aliphatic heterocycles. The van der Waals surface area contributed by atoms with E-state index < -0.39 is 0 Å². The predicted molar refractivity (Wildman–Crippen MR) is 186 cm³/mol. The number of thiophene rings is 1. The fourth-order valence-corrected chi connectivity index (χ4v) is 8.58. The zero-order valence-corrected chi connectivity index (χ0v) is 24.3. The summed E-state index contributed by atoms with van der Waals surface area (Å²) >= 11 is 1.78. The summed E-state index contributed by atoms with van der Waals surface area (Å²) in [6.45, 7) is 0. The number of hydrogen-bond donors (Lipinski definition) is 1. The van der Waals surface area contributed by atoms with Crippen molar-refractivity contribution in [1.82, 2.24) is 9.55 Å². The number of para-hydroxylation sites is 3. The molecule has 2 nitrogen and oxygen atoms in total. The molecule has 3 aromatic heterocycles. The summed E-state index contributed by atoms with van der Waals surface area (Å²) in [5, 5.41) is 9.17. The lowest BCUT2D eigenvalue weighted by Crippen LogP contribution is -2.00. The van der Waals surface area contributed by atoms with Gasteiger partial charge in [-0.05, 0) is 41.1 Å². The Morgan fingerprint density at radius 3 is 2.20 bits per heavy atom. The van der Waals surface area contributed by atoms with Crippen LogP contribution in [0.15, 0.2) is 133 Å². The van der Waals surface area contributed by atoms with Gasteiger partial charge in [0, 0.05) is 53.7 Å². The van der Waals surface area contributed by atoms with E-state index in [4.69, 9.17) is 0 Å². The number of nitrogens with zero attached hydrogens (tertiary/aromatic N) is 1. The molecule has 0 aliphatic rings. The Labute approximate surface area is 255 Å². The van der Waals surface area contributed by atoms with Gasteiger partial charge < -0.3 is 9.55 Å². The molecule has 3 heterocycles. The van der Waals surface area contributed by atoms with Crippen LogP contribution < -0.4 is 0 Å². The summed E-state index contributed by atoms with van der Waals surface area (Å²) in [6.07, 6.45) is 0. The summed E-state index contributed by atoms with van der Waals surface area (Å²) in [5.74, 6) is -0.225. The molecule has 44 heavy (non-hydrogen) atoms. The third-order valence-corrected chi connectivity index (χ3v) is 10.4. The smallest absolute Gasteiger partial charge is 0.147 e. The summed E-state index contributed by atoms with van der Waals surface area (Å²) < 4.78 is 20.6. The van der Waals surface area contributed by atoms with Crippen LogP contribution >= 0.6 is 11.3 Å². The van der Waals surface area contributed by atoms with Crippen molar-refractivity contribution in [2.24, 2.45) is 0 Å². The highest BCUT2D eigenvalue weighted by Gasteiger charge is 2.24. The number of H-pyrrole nitrogens is 1. The molecule has 10 rings (SSSR count). The maximum atomic E-state index is 16.1. The number of benzene rings is 7. The molecule has 0 radical (unpaired) electrons. The quantitative estimate of drug-likeness (QED) is 0.209. The van der Waals surface area contributed by atoms with Crippen molar-refractivity contribution in [1.29, 1.82) is 0 Å². The number of hydrogen-bond acceptors (Lipinski definition) is 1. The van der Waals surface area contributed by atoms with Gasteiger partial charge in [-0.2, -0.15) is 0 Å². The van der Waals surface area contributed by atoms with Gasteiger partial charge in [-0.25, -0.2) is 4.39 Å². The van der Waals surface area contributed by atoms with Gasteiger partial charge >= 0.3 is 0 Å². The minimum Gasteiger partial charge on any atom is -0.354 e. The van der Waals surface area contributed by atoms with Gasteiger partial charge in [-0.1, -0.05) is 103 Å². The second-order valence-corrected chi connectivity index (χ2v) is 12.5. The van der Waals surface area contributed by atoms with Crippen molar-refractivity contribution in [3.8, 4) is 16.8 Å². The number of fused-ring (bicyclic) bond motifs is 11. The van der Waals surface area contributed by atoms with Crippen LogP contribution in [0.25, 0.3) is 91.4 Å². The van der Waals surface area contributed by atoms with Crippen LogP contribution in [-0.2, 0) is 0 Å². The molecule has 1 N–H and O–H groups in total. The van der Waals surface area contributed by atoms with Crippen LogP contribution in [0.1, 0.15) is 0 Å². The third-order valence-electron chi connectivity index (χ3n) is 9.19. The number of aromatic nitrogens is 2. The Bertz CT molecular complexity index is 2800. The lowest BCUT2D eigenvalue weighted by molar-refractivity contribution is 0.635. The van der Waals surface area contributed by atoms with E-state index >= 15 is 4.39 Å². The number of aromatic amines is 1. The molecule has 0 saturated heterocycles. The molecule has 0 aliphatic carbocycles. The van der Waals surface area contributed by atoms with Crippen molar-refractivity contribution in [3.63, 3.8) is 0 Å². The molecular formula is C40H23FN2S. The first-order valence-electron chi connectivity index (χ1n) is 14.8. The minimum atomic E-state index is -0.225. The summed E-state index contributed by atoms with van der Waals surface area (Å²) in [7, 11) is 0. The molecule has 206 valence electrons. The Morgan fingerprint density at radius 2 is 1.30 bits per heavy atom. The van der Waals surface area contributed by atoms with Gasteiger partial charge in [0.05, 0.1) is 26.9 Å². The van der Waals surface area contributed by atoms with E-state index in [0.717, 1.165) is 48.8 Å². The van der Waals surface area contributed by atoms with Gasteiger partial charge in [-0.15, -0.1) is 11.3 Å². The fraction of sp³-hybridized carbons (Fsp3) is 0. The largest absolute Gasteiger partial charge is 0.354 e. The van der Waals surface area contributed by atoms with E-state index in [2.05, 4.69) is 113 Å². The molecule has 0 fully saturated rings. The average Bonchev–Trinajstić information content (AvgIpc) is 3.75. The van der Waals surface area contributed by atoms with Gasteiger partial charge in [-0.3, -0.25) is 0 Å². The van der Waals surface area contributed by atoms with E-state index in [1.165, 1.54) is 37.0 Å². The van der Waals surface area contributed by atoms with Crippen molar-refractivity contribution in [2.45, 2.75) is 0 Å². The van der Waals surface area contributed by atoms with Gasteiger partial charge in [0.2, 0.25) is 0 Å². The van der Waals surface area contributed by atoms with Gasteiger partial charge in [0.1, 0.15) is 5.82 Å². The Hall–Kier alpha value is -5.45. The monoisotopic (exact) mass is 582 g/mol. The predicted octanol–water partition coefficient (Wildman–Crippen LogP) is 11.7. The van der Waals surface area contributed by atoms with Crippen LogP contribution in [0.5, 0.6) is 0 Å². The minimum absolute atomic E-state index is 0.225. The summed E-state index contributed by atoms with van der Waals surface area (Å²) in [5.41, 5.74) is 6.97. The van der Waals surface area contributed by atoms with Gasteiger partial charge in [0.25, 0.3) is 0 Å². The number of nitrogens with one attached hydrogen (secondary N) is 1. The molecule has 0 amide bonds. The average molecular weight is 583 g/mol. The van der Waals surface area contributed by atoms with Crippen molar-refractivity contribution in [3.05, 3.63) is 139 Å². The number of rotatable bonds is 2. The van der Waals surface area contributed by atoms with E-state index in [1.807, 2.05) is 24.3 Å². The molecule has 0 unspecified atom stereocenters. The van der Waals surface area contributed by atoms with E-state index in [-0.39, 0.29) is 5.82 Å². The standard InChI is InChI=1S/C40H23FN2S/c41-32-16-9-15-27-25-12-4-7-18-34(25)43(38(27)32)39-28(20-21-29-26-13-5-8-19-35(26)44-40(29)39)31-22-23-10-1-2-11-24(23)36-30-14-3-6-17-33(30)42-37(31)36/h1-22,42H. The molecule has 0 spiro atoms. The molecule has 0 bridgehead atoms. The summed E-state index contributed by atoms with van der Waals surface area (Å²) in [4.78, 5) is 3.79. The SMILES string of the molecule is Fc1cccc2c3ccccc3n(-c3c(-c4cc5ccccc5c5c4[nH]c4ccccc45)ccc4c3sc3ccccc34)c12. The van der Waals surface area contributed by atoms with Crippen LogP contribution in [0.4, 0.5) is 4.39 Å². The zero-order chi connectivity index (χ0) is 28.9. The van der Waals surface area contributed by atoms with Gasteiger partial charge in [0.15, 0.2) is 0 Å². The first-order valence-corrected chi connectivity index (χ1v) is 15.6. The Kier molecular flexibility index (Phi) is 4.80. The van der Waals surface area contributed by atoms with E-state index in [1.54, 1.807) is 17.4 Å². The van der Waals surface area contributed by atoms with Crippen molar-refractivity contribution >= 4 is 85.9 Å². The lowest BCUT2D eigenvalue weighted by atomic mass is 9.94. The second-order valence-electron chi connectivity index (χ2n) is 11.5. The van der Waals surface area contributed by atoms with Crippen LogP contribution in [-0.4, -0.2) is 9.55 Å². The lowest BCUT2D eigenvalue weighted by Gasteiger charge is -2.17. The topological polar surface area (TPSA) is 20.7 Å². The Balaban J connectivity index is 1.46. The highest BCUT2D eigenvalue weighted by atomic mass is 32.1. The molecular weight excluding hydrogens is 560 g/mol. The van der Waals surface area contributed by atoms with Crippen molar-refractivity contribution in [2.75, 3.05) is 0 Å². The third kappa shape index (κ3) is 3.13. The fourth-order valence-electron chi connectivity index (χ4n) is 7.34. The van der Waals surface area contributed by atoms with E-state index in [9.17, 15) is 0 Å². The summed E-state index contributed by atoms with van der Waals surface area (Å²) in [6, 6.07) is 46.2. The van der Waals surface area contributed by atoms with Crippen LogP contribution in [0.2, 0.25) is 0 Å². The highest BCUT2D eigenvalue weighted by Crippen LogP contribution is 2.48. The second kappa shape index (κ2) is 8.79. The normalized spacial score (nSPS) is 12.2. The van der Waals surface area contributed by atoms with Crippen LogP contribution in [0.3, 0.4) is 0 Å². The first kappa shape index (κ1) is 24.0. The van der Waals surface area contributed by atoms with E-state index in [0.29, 0.717) is 5.52 Å².